The van der Waals surface area contributed by atoms with Crippen LogP contribution < -0.4 is 25.2 Å². The molecule has 3 amide bonds. The van der Waals surface area contributed by atoms with Gasteiger partial charge in [-0.15, -0.1) is 0 Å². The highest BCUT2D eigenvalue weighted by atomic mass is 32.2. The summed E-state index contributed by atoms with van der Waals surface area (Å²) in [6.45, 7) is 1.37. The smallest absolute Gasteiger partial charge is 0.301 e. The van der Waals surface area contributed by atoms with E-state index in [1.165, 1.54) is 29.1 Å². The summed E-state index contributed by atoms with van der Waals surface area (Å²) in [6.07, 6.45) is 3.84. The molecule has 3 aromatic carbocycles. The lowest BCUT2D eigenvalue weighted by molar-refractivity contribution is -0.136. The van der Waals surface area contributed by atoms with Gasteiger partial charge in [0.05, 0.1) is 28.5 Å². The van der Waals surface area contributed by atoms with E-state index in [0.717, 1.165) is 59.3 Å². The number of imide groups is 1. The van der Waals surface area contributed by atoms with E-state index in [9.17, 15) is 37.2 Å². The minimum Gasteiger partial charge on any atom is -0.453 e. The molecule has 1 unspecified atom stereocenters. The van der Waals surface area contributed by atoms with Gasteiger partial charge in [0.1, 0.15) is 41.7 Å². The fourth-order valence-electron chi connectivity index (χ4n) is 8.43. The number of rotatable bonds is 9. The van der Waals surface area contributed by atoms with Crippen LogP contribution >= 0.6 is 0 Å². The van der Waals surface area contributed by atoms with Gasteiger partial charge < -0.3 is 14.5 Å². The standard InChI is InChI=1S/C42H37F2N9O7S/c43-27-13-16-51(22-27)61(58,59)49-35-7-5-33(44)39(32(35)19-45)60-29-3-6-34-31(18-29)42(57)53(23-47-34)28-2-9-37(46-20-28)50-14-11-24(12-15-50)25-1-4-30-26(17-25)21-52(41(30)56)36-8-10-38(54)48-40(36)55/h1-7,9,17-18,20,23-24,27,36,49H,8,10-16,21-22H2,(H,48,54,55)/t27-,36?/m1/s1. The lowest BCUT2D eigenvalue weighted by Gasteiger charge is -2.33. The molecule has 4 aliphatic rings. The van der Waals surface area contributed by atoms with Crippen LogP contribution in [0.3, 0.4) is 0 Å². The number of fused-ring (bicyclic) bond motifs is 2. The Morgan fingerprint density at radius 2 is 1.75 bits per heavy atom. The molecule has 5 aromatic rings. The first-order chi connectivity index (χ1) is 29.4. The summed E-state index contributed by atoms with van der Waals surface area (Å²) < 4.78 is 64.9. The van der Waals surface area contributed by atoms with Crippen molar-refractivity contribution in [3.05, 3.63) is 112 Å². The molecule has 2 atom stereocenters. The zero-order valence-corrected chi connectivity index (χ0v) is 33.2. The zero-order valence-electron chi connectivity index (χ0n) is 32.4. The van der Waals surface area contributed by atoms with Gasteiger partial charge in [-0.1, -0.05) is 12.1 Å². The van der Waals surface area contributed by atoms with Crippen molar-refractivity contribution in [1.29, 1.82) is 5.26 Å². The first-order valence-corrected chi connectivity index (χ1v) is 21.1. The fraction of sp³-hybridized carbons (Fsp3) is 0.310. The van der Waals surface area contributed by atoms with Crippen LogP contribution in [0, 0.1) is 17.1 Å². The van der Waals surface area contributed by atoms with E-state index in [1.54, 1.807) is 23.2 Å². The number of anilines is 2. The van der Waals surface area contributed by atoms with Gasteiger partial charge in [0, 0.05) is 44.7 Å². The summed E-state index contributed by atoms with van der Waals surface area (Å²) in [5, 5.41) is 12.4. The van der Waals surface area contributed by atoms with Gasteiger partial charge in [-0.2, -0.15) is 18.0 Å². The molecular formula is C42H37F2N9O7S. The Morgan fingerprint density at radius 1 is 0.934 bits per heavy atom. The van der Waals surface area contributed by atoms with Crippen LogP contribution in [0.5, 0.6) is 11.5 Å². The predicted molar refractivity (Wildman–Crippen MR) is 217 cm³/mol. The van der Waals surface area contributed by atoms with E-state index >= 15 is 4.39 Å². The van der Waals surface area contributed by atoms with Gasteiger partial charge in [0.2, 0.25) is 11.8 Å². The van der Waals surface area contributed by atoms with E-state index < -0.39 is 51.0 Å². The van der Waals surface area contributed by atoms with Crippen LogP contribution in [0.25, 0.3) is 16.6 Å². The maximum absolute atomic E-state index is 15.1. The molecule has 312 valence electrons. The number of nitrogens with zero attached hydrogens (tertiary/aromatic N) is 7. The van der Waals surface area contributed by atoms with E-state index in [-0.39, 0.29) is 60.5 Å². The molecule has 4 aliphatic heterocycles. The number of ether oxygens (including phenoxy) is 1. The normalized spacial score (nSPS) is 19.9. The number of pyridine rings is 1. The summed E-state index contributed by atoms with van der Waals surface area (Å²) in [6, 6.07) is 16.9. The third-order valence-corrected chi connectivity index (χ3v) is 13.2. The van der Waals surface area contributed by atoms with Crippen molar-refractivity contribution >= 4 is 50.3 Å². The number of alkyl halides is 1. The number of piperidine rings is 2. The van der Waals surface area contributed by atoms with Crippen molar-refractivity contribution < 1.29 is 36.3 Å². The molecule has 2 aromatic heterocycles. The molecule has 9 rings (SSSR count). The number of nitriles is 1. The van der Waals surface area contributed by atoms with Crippen LogP contribution in [0.4, 0.5) is 20.3 Å². The molecule has 0 spiro atoms. The second-order valence-electron chi connectivity index (χ2n) is 15.4. The van der Waals surface area contributed by atoms with Crippen LogP contribution in [0.1, 0.15) is 65.1 Å². The maximum atomic E-state index is 15.1. The molecule has 0 bridgehead atoms. The monoisotopic (exact) mass is 849 g/mol. The lowest BCUT2D eigenvalue weighted by atomic mass is 9.88. The quantitative estimate of drug-likeness (QED) is 0.199. The Balaban J connectivity index is 0.871. The average Bonchev–Trinajstić information content (AvgIpc) is 3.85. The molecule has 3 fully saturated rings. The average molecular weight is 850 g/mol. The zero-order chi connectivity index (χ0) is 42.6. The number of carbonyl (C=O) groups is 3. The number of hydrogen-bond donors (Lipinski definition) is 2. The van der Waals surface area contributed by atoms with Crippen molar-refractivity contribution in [1.82, 2.24) is 29.1 Å². The minimum atomic E-state index is -4.25. The third-order valence-electron chi connectivity index (χ3n) is 11.7. The lowest BCUT2D eigenvalue weighted by Crippen LogP contribution is -2.52. The number of aromatic nitrogens is 3. The minimum absolute atomic E-state index is 0.0150. The van der Waals surface area contributed by atoms with E-state index in [4.69, 9.17) is 4.74 Å². The van der Waals surface area contributed by atoms with Gasteiger partial charge in [-0.05, 0) is 91.3 Å². The third kappa shape index (κ3) is 7.52. The number of halogens is 2. The van der Waals surface area contributed by atoms with Gasteiger partial charge in [-0.3, -0.25) is 33.8 Å². The Bertz CT molecular complexity index is 2840. The highest BCUT2D eigenvalue weighted by molar-refractivity contribution is 7.90. The fourth-order valence-corrected chi connectivity index (χ4v) is 9.71. The molecule has 6 heterocycles. The molecular weight excluding hydrogens is 813 g/mol. The van der Waals surface area contributed by atoms with E-state index in [1.807, 2.05) is 18.2 Å². The SMILES string of the molecule is N#Cc1c(NS(=O)(=O)N2CC[C@@H](F)C2)ccc(F)c1Oc1ccc2ncn(-c3ccc(N4CCC(c5ccc6c(c5)CN(C5CCC(=O)NC5=O)C6=O)CC4)nc3)c(=O)c2c1. The van der Waals surface area contributed by atoms with Crippen molar-refractivity contribution in [3.8, 4) is 23.3 Å². The number of amides is 3. The summed E-state index contributed by atoms with van der Waals surface area (Å²) in [5.41, 5.74) is 2.17. The molecule has 0 aliphatic carbocycles. The summed E-state index contributed by atoms with van der Waals surface area (Å²) in [5.74, 6) is -1.51. The first kappa shape index (κ1) is 39.7. The summed E-state index contributed by atoms with van der Waals surface area (Å²) in [7, 11) is -4.25. The van der Waals surface area contributed by atoms with Crippen LogP contribution in [0.2, 0.25) is 0 Å². The summed E-state index contributed by atoms with van der Waals surface area (Å²) in [4.78, 5) is 63.8. The Morgan fingerprint density at radius 3 is 2.48 bits per heavy atom. The topological polar surface area (TPSA) is 200 Å². The molecule has 2 N–H and O–H groups in total. The largest absolute Gasteiger partial charge is 0.453 e. The molecule has 0 saturated carbocycles. The second kappa shape index (κ2) is 15.7. The number of carbonyl (C=O) groups excluding carboxylic acids is 3. The molecule has 16 nitrogen and oxygen atoms in total. The van der Waals surface area contributed by atoms with Gasteiger partial charge in [0.15, 0.2) is 11.6 Å². The van der Waals surface area contributed by atoms with Crippen LogP contribution in [-0.4, -0.2) is 88.3 Å². The Hall–Kier alpha value is -6.78. The number of nitrogens with one attached hydrogen (secondary N) is 2. The number of benzene rings is 3. The van der Waals surface area contributed by atoms with Crippen molar-refractivity contribution in [2.45, 2.75) is 56.8 Å². The van der Waals surface area contributed by atoms with Crippen molar-refractivity contribution in [2.75, 3.05) is 35.8 Å². The highest BCUT2D eigenvalue weighted by Gasteiger charge is 2.39. The van der Waals surface area contributed by atoms with Gasteiger partial charge in [0.25, 0.3) is 11.5 Å². The first-order valence-electron chi connectivity index (χ1n) is 19.7. The second-order valence-corrected chi connectivity index (χ2v) is 17.1. The Kier molecular flexibility index (Phi) is 10.2. The molecule has 61 heavy (non-hydrogen) atoms. The predicted octanol–water partition coefficient (Wildman–Crippen LogP) is 4.43. The van der Waals surface area contributed by atoms with Crippen LogP contribution in [0.15, 0.2) is 78.0 Å². The van der Waals surface area contributed by atoms with E-state index in [2.05, 4.69) is 31.0 Å². The van der Waals surface area contributed by atoms with Crippen molar-refractivity contribution in [3.63, 3.8) is 0 Å². The molecule has 3 saturated heterocycles. The van der Waals surface area contributed by atoms with Crippen molar-refractivity contribution in [2.24, 2.45) is 0 Å². The van der Waals surface area contributed by atoms with E-state index in [0.29, 0.717) is 29.7 Å². The molecule has 0 radical (unpaired) electrons. The highest BCUT2D eigenvalue weighted by Crippen LogP contribution is 2.36. The summed E-state index contributed by atoms with van der Waals surface area (Å²) >= 11 is 0. The van der Waals surface area contributed by atoms with Gasteiger partial charge >= 0.3 is 10.2 Å². The van der Waals surface area contributed by atoms with Crippen LogP contribution in [-0.2, 0) is 26.3 Å². The Labute approximate surface area is 347 Å². The van der Waals surface area contributed by atoms with Gasteiger partial charge in [-0.25, -0.2) is 18.7 Å². The molecule has 19 heteroatoms. The number of hydrogen-bond acceptors (Lipinski definition) is 11. The maximum Gasteiger partial charge on any atom is 0.301 e.